The van der Waals surface area contributed by atoms with Gasteiger partial charge in [0, 0.05) is 11.9 Å². The van der Waals surface area contributed by atoms with Gasteiger partial charge < -0.3 is 0 Å². The van der Waals surface area contributed by atoms with Gasteiger partial charge in [0.1, 0.15) is 5.82 Å². The van der Waals surface area contributed by atoms with Crippen LogP contribution in [0.25, 0.3) is 0 Å². The molecule has 1 saturated carbocycles. The number of nitrogens with one attached hydrogen (secondary N) is 1. The van der Waals surface area contributed by atoms with E-state index < -0.39 is 0 Å². The summed E-state index contributed by atoms with van der Waals surface area (Å²) in [6.45, 7) is 2.06. The summed E-state index contributed by atoms with van der Waals surface area (Å²) in [5, 5.41) is 4.26. The van der Waals surface area contributed by atoms with Crippen LogP contribution in [0.1, 0.15) is 19.8 Å². The maximum absolute atomic E-state index is 4.26. The molecular formula is C10H13N3. The molecule has 1 aromatic rings. The Morgan fingerprint density at radius 3 is 3.00 bits per heavy atom. The molecule has 0 unspecified atom stereocenters. The quantitative estimate of drug-likeness (QED) is 0.565. The zero-order valence-electron chi connectivity index (χ0n) is 7.70. The fourth-order valence-corrected chi connectivity index (χ4v) is 1.17. The number of rotatable bonds is 3. The lowest BCUT2D eigenvalue weighted by molar-refractivity contribution is 1.13. The lowest BCUT2D eigenvalue weighted by Gasteiger charge is -1.99. The van der Waals surface area contributed by atoms with Gasteiger partial charge in [-0.25, -0.2) is 4.98 Å². The molecule has 0 radical (unpaired) electrons. The summed E-state index contributed by atoms with van der Waals surface area (Å²) in [7, 11) is 0. The van der Waals surface area contributed by atoms with E-state index in [0.717, 1.165) is 11.7 Å². The molecule has 0 bridgehead atoms. The van der Waals surface area contributed by atoms with E-state index in [1.54, 1.807) is 6.20 Å². The third-order valence-corrected chi connectivity index (χ3v) is 2.18. The second-order valence-electron chi connectivity index (χ2n) is 3.35. The van der Waals surface area contributed by atoms with E-state index in [0.29, 0.717) is 0 Å². The predicted octanol–water partition coefficient (Wildman–Crippen LogP) is 2.28. The average Bonchev–Trinajstić information content (AvgIpc) is 2.99. The largest absolute Gasteiger partial charge is 0.261 e. The van der Waals surface area contributed by atoms with E-state index in [1.165, 1.54) is 18.6 Å². The van der Waals surface area contributed by atoms with Crippen LogP contribution in [0.5, 0.6) is 0 Å². The fourth-order valence-electron chi connectivity index (χ4n) is 1.17. The fraction of sp³-hybridized carbons (Fsp3) is 0.400. The number of anilines is 1. The molecule has 0 amide bonds. The van der Waals surface area contributed by atoms with Gasteiger partial charge in [-0.3, -0.25) is 5.43 Å². The van der Waals surface area contributed by atoms with Crippen molar-refractivity contribution in [2.75, 3.05) is 5.43 Å². The molecule has 0 atom stereocenters. The molecule has 3 heteroatoms. The Kier molecular flexibility index (Phi) is 2.25. The maximum Gasteiger partial charge on any atom is 0.146 e. The molecule has 0 spiro atoms. The minimum absolute atomic E-state index is 0.719. The van der Waals surface area contributed by atoms with Gasteiger partial charge in [-0.2, -0.15) is 5.10 Å². The molecule has 1 aliphatic rings. The number of hydrogen-bond donors (Lipinski definition) is 1. The van der Waals surface area contributed by atoms with Crippen molar-refractivity contribution >= 4 is 11.5 Å². The van der Waals surface area contributed by atoms with Crippen LogP contribution in [-0.2, 0) is 0 Å². The molecule has 3 nitrogen and oxygen atoms in total. The molecule has 0 aliphatic heterocycles. The highest BCUT2D eigenvalue weighted by atomic mass is 15.3. The van der Waals surface area contributed by atoms with Crippen molar-refractivity contribution in [2.45, 2.75) is 19.8 Å². The number of pyridine rings is 1. The molecule has 68 valence electrons. The van der Waals surface area contributed by atoms with Crippen molar-refractivity contribution in [3.63, 3.8) is 0 Å². The summed E-state index contributed by atoms with van der Waals surface area (Å²) in [5.41, 5.74) is 4.13. The predicted molar refractivity (Wildman–Crippen MR) is 53.7 cm³/mol. The molecule has 1 fully saturated rings. The number of hydrazone groups is 1. The number of hydrogen-bond acceptors (Lipinski definition) is 3. The lowest BCUT2D eigenvalue weighted by atomic mass is 10.3. The molecular weight excluding hydrogens is 162 g/mol. The minimum Gasteiger partial charge on any atom is -0.261 e. The van der Waals surface area contributed by atoms with Crippen molar-refractivity contribution in [1.29, 1.82) is 0 Å². The van der Waals surface area contributed by atoms with Crippen molar-refractivity contribution in [3.05, 3.63) is 24.4 Å². The second kappa shape index (κ2) is 3.56. The van der Waals surface area contributed by atoms with Gasteiger partial charge in [0.2, 0.25) is 0 Å². The van der Waals surface area contributed by atoms with E-state index in [1.807, 2.05) is 18.2 Å². The van der Waals surface area contributed by atoms with Gasteiger partial charge in [-0.15, -0.1) is 0 Å². The first-order valence-electron chi connectivity index (χ1n) is 4.57. The highest BCUT2D eigenvalue weighted by molar-refractivity contribution is 5.86. The SMILES string of the molecule is C/C(=N/Nc1ccccn1)C1CC1. The Labute approximate surface area is 77.9 Å². The van der Waals surface area contributed by atoms with Crippen molar-refractivity contribution in [3.8, 4) is 0 Å². The van der Waals surface area contributed by atoms with Crippen LogP contribution in [0.15, 0.2) is 29.5 Å². The summed E-state index contributed by atoms with van der Waals surface area (Å²) in [6, 6.07) is 5.74. The van der Waals surface area contributed by atoms with E-state index in [-0.39, 0.29) is 0 Å². The molecule has 1 aliphatic carbocycles. The summed E-state index contributed by atoms with van der Waals surface area (Å²) < 4.78 is 0. The summed E-state index contributed by atoms with van der Waals surface area (Å²) in [5.74, 6) is 1.53. The van der Waals surface area contributed by atoms with Gasteiger partial charge in [0.05, 0.1) is 0 Å². The summed E-state index contributed by atoms with van der Waals surface area (Å²) in [6.07, 6.45) is 4.34. The third-order valence-electron chi connectivity index (χ3n) is 2.18. The third kappa shape index (κ3) is 2.28. The average molecular weight is 175 g/mol. The van der Waals surface area contributed by atoms with Crippen LogP contribution in [0, 0.1) is 5.92 Å². The van der Waals surface area contributed by atoms with Crippen molar-refractivity contribution in [1.82, 2.24) is 4.98 Å². The van der Waals surface area contributed by atoms with Crippen LogP contribution < -0.4 is 5.43 Å². The highest BCUT2D eigenvalue weighted by Gasteiger charge is 2.24. The Morgan fingerprint density at radius 2 is 2.38 bits per heavy atom. The van der Waals surface area contributed by atoms with E-state index in [2.05, 4.69) is 22.4 Å². The smallest absolute Gasteiger partial charge is 0.146 e. The van der Waals surface area contributed by atoms with Crippen LogP contribution >= 0.6 is 0 Å². The molecule has 0 aromatic carbocycles. The van der Waals surface area contributed by atoms with Crippen LogP contribution in [-0.4, -0.2) is 10.7 Å². The van der Waals surface area contributed by atoms with Crippen LogP contribution in [0.3, 0.4) is 0 Å². The Balaban J connectivity index is 1.95. The van der Waals surface area contributed by atoms with Gasteiger partial charge in [-0.05, 0) is 37.8 Å². The highest BCUT2D eigenvalue weighted by Crippen LogP contribution is 2.30. The standard InChI is InChI=1S/C10H13N3/c1-8(9-5-6-9)12-13-10-4-2-3-7-11-10/h2-4,7,9H,5-6H2,1H3,(H,11,13)/b12-8-. The van der Waals surface area contributed by atoms with Crippen LogP contribution in [0.2, 0.25) is 0 Å². The number of nitrogens with zero attached hydrogens (tertiary/aromatic N) is 2. The molecule has 0 saturated heterocycles. The van der Waals surface area contributed by atoms with Gasteiger partial charge >= 0.3 is 0 Å². The topological polar surface area (TPSA) is 37.3 Å². The van der Waals surface area contributed by atoms with Crippen LogP contribution in [0.4, 0.5) is 5.82 Å². The zero-order valence-corrected chi connectivity index (χ0v) is 7.70. The lowest BCUT2D eigenvalue weighted by Crippen LogP contribution is -2.00. The Hall–Kier alpha value is -1.38. The maximum atomic E-state index is 4.26. The summed E-state index contributed by atoms with van der Waals surface area (Å²) in [4.78, 5) is 4.11. The first-order chi connectivity index (χ1) is 6.36. The summed E-state index contributed by atoms with van der Waals surface area (Å²) >= 11 is 0. The molecule has 13 heavy (non-hydrogen) atoms. The first kappa shape index (κ1) is 8.23. The molecule has 1 heterocycles. The van der Waals surface area contributed by atoms with E-state index in [4.69, 9.17) is 0 Å². The van der Waals surface area contributed by atoms with Gasteiger partial charge in [0.25, 0.3) is 0 Å². The van der Waals surface area contributed by atoms with Crippen molar-refractivity contribution < 1.29 is 0 Å². The van der Waals surface area contributed by atoms with E-state index >= 15 is 0 Å². The Morgan fingerprint density at radius 1 is 1.54 bits per heavy atom. The first-order valence-corrected chi connectivity index (χ1v) is 4.57. The number of aromatic nitrogens is 1. The zero-order chi connectivity index (χ0) is 9.10. The monoisotopic (exact) mass is 175 g/mol. The normalized spacial score (nSPS) is 17.2. The van der Waals surface area contributed by atoms with E-state index in [9.17, 15) is 0 Å². The Bertz CT molecular complexity index is 301. The van der Waals surface area contributed by atoms with Gasteiger partial charge in [0.15, 0.2) is 0 Å². The second-order valence-corrected chi connectivity index (χ2v) is 3.35. The van der Waals surface area contributed by atoms with Crippen molar-refractivity contribution in [2.24, 2.45) is 11.0 Å². The molecule has 2 rings (SSSR count). The van der Waals surface area contributed by atoms with Gasteiger partial charge in [-0.1, -0.05) is 6.07 Å². The molecule has 1 aromatic heterocycles. The minimum atomic E-state index is 0.719. The molecule has 1 N–H and O–H groups in total.